The molecule has 0 radical (unpaired) electrons. The van der Waals surface area contributed by atoms with E-state index in [1.165, 1.54) is 0 Å². The number of hydrogen-bond acceptors (Lipinski definition) is 5. The maximum atomic E-state index is 5.42. The van der Waals surface area contributed by atoms with Crippen LogP contribution in [0.25, 0.3) is 0 Å². The maximum absolute atomic E-state index is 5.42. The van der Waals surface area contributed by atoms with Crippen LogP contribution in [-0.2, 0) is 22.6 Å². The maximum Gasteiger partial charge on any atom is 0.119 e. The summed E-state index contributed by atoms with van der Waals surface area (Å²) in [5, 5.41) is 6.38. The van der Waals surface area contributed by atoms with Crippen LogP contribution in [-0.4, -0.2) is 31.3 Å². The summed E-state index contributed by atoms with van der Waals surface area (Å²) in [7, 11) is 1.68. The highest BCUT2D eigenvalue weighted by Crippen LogP contribution is 2.10. The predicted octanol–water partition coefficient (Wildman–Crippen LogP) is 1.80. The lowest BCUT2D eigenvalue weighted by Gasteiger charge is -2.07. The van der Waals surface area contributed by atoms with Crippen molar-refractivity contribution in [1.29, 1.82) is 0 Å². The lowest BCUT2D eigenvalue weighted by Crippen LogP contribution is -2.21. The molecule has 0 fully saturated rings. The molecule has 0 spiro atoms. The molecule has 1 heterocycles. The molecule has 0 amide bonds. The monoisotopic (exact) mass is 244 g/mol. The van der Waals surface area contributed by atoms with Gasteiger partial charge in [0.1, 0.15) is 5.01 Å². The van der Waals surface area contributed by atoms with E-state index in [0.29, 0.717) is 12.7 Å². The SMILES string of the molecule is COCc1nc(CNCCOC(C)C)cs1. The van der Waals surface area contributed by atoms with Crippen molar-refractivity contribution in [3.05, 3.63) is 16.1 Å². The average molecular weight is 244 g/mol. The number of aromatic nitrogens is 1. The van der Waals surface area contributed by atoms with Crippen LogP contribution in [0.4, 0.5) is 0 Å². The number of methoxy groups -OCH3 is 1. The van der Waals surface area contributed by atoms with E-state index < -0.39 is 0 Å². The van der Waals surface area contributed by atoms with E-state index >= 15 is 0 Å². The van der Waals surface area contributed by atoms with E-state index in [0.717, 1.165) is 30.4 Å². The lowest BCUT2D eigenvalue weighted by molar-refractivity contribution is 0.0806. The summed E-state index contributed by atoms with van der Waals surface area (Å²) >= 11 is 1.64. The Bertz CT molecular complexity index is 289. The van der Waals surface area contributed by atoms with Gasteiger partial charge in [-0.1, -0.05) is 0 Å². The minimum Gasteiger partial charge on any atom is -0.378 e. The second kappa shape index (κ2) is 7.73. The van der Waals surface area contributed by atoms with Crippen LogP contribution in [0.5, 0.6) is 0 Å². The topological polar surface area (TPSA) is 43.4 Å². The van der Waals surface area contributed by atoms with Crippen LogP contribution < -0.4 is 5.32 Å². The van der Waals surface area contributed by atoms with Crippen LogP contribution in [0.1, 0.15) is 24.5 Å². The first-order valence-corrected chi connectivity index (χ1v) is 6.35. The zero-order chi connectivity index (χ0) is 11.8. The molecule has 0 aromatic carbocycles. The highest BCUT2D eigenvalue weighted by Gasteiger charge is 2.01. The summed E-state index contributed by atoms with van der Waals surface area (Å²) in [6.07, 6.45) is 0.300. The number of hydrogen-bond donors (Lipinski definition) is 1. The summed E-state index contributed by atoms with van der Waals surface area (Å²) in [5.41, 5.74) is 1.07. The number of ether oxygens (including phenoxy) is 2. The molecular formula is C11H20N2O2S. The molecule has 0 aliphatic heterocycles. The van der Waals surface area contributed by atoms with E-state index in [4.69, 9.17) is 9.47 Å². The molecule has 1 rings (SSSR count). The Balaban J connectivity index is 2.12. The second-order valence-electron chi connectivity index (χ2n) is 3.76. The molecule has 92 valence electrons. The van der Waals surface area contributed by atoms with Gasteiger partial charge in [0.25, 0.3) is 0 Å². The van der Waals surface area contributed by atoms with Crippen molar-refractivity contribution >= 4 is 11.3 Å². The highest BCUT2D eigenvalue weighted by atomic mass is 32.1. The Hall–Kier alpha value is -0.490. The molecule has 0 aliphatic rings. The van der Waals surface area contributed by atoms with Gasteiger partial charge in [0.05, 0.1) is 25.0 Å². The molecule has 16 heavy (non-hydrogen) atoms. The van der Waals surface area contributed by atoms with Crippen molar-refractivity contribution < 1.29 is 9.47 Å². The first-order valence-electron chi connectivity index (χ1n) is 5.47. The van der Waals surface area contributed by atoms with Crippen molar-refractivity contribution in [3.8, 4) is 0 Å². The van der Waals surface area contributed by atoms with Crippen LogP contribution in [0.2, 0.25) is 0 Å². The van der Waals surface area contributed by atoms with Crippen molar-refractivity contribution in [3.63, 3.8) is 0 Å². The Morgan fingerprint density at radius 2 is 2.31 bits per heavy atom. The van der Waals surface area contributed by atoms with Gasteiger partial charge in [-0.25, -0.2) is 4.98 Å². The van der Waals surface area contributed by atoms with E-state index in [9.17, 15) is 0 Å². The Labute approximate surface area is 101 Å². The number of rotatable bonds is 8. The van der Waals surface area contributed by atoms with Gasteiger partial charge in [0.2, 0.25) is 0 Å². The summed E-state index contributed by atoms with van der Waals surface area (Å²) in [4.78, 5) is 4.42. The van der Waals surface area contributed by atoms with Gasteiger partial charge < -0.3 is 14.8 Å². The van der Waals surface area contributed by atoms with Crippen molar-refractivity contribution in [1.82, 2.24) is 10.3 Å². The Morgan fingerprint density at radius 1 is 1.50 bits per heavy atom. The number of nitrogens with one attached hydrogen (secondary N) is 1. The lowest BCUT2D eigenvalue weighted by atomic mass is 10.4. The zero-order valence-electron chi connectivity index (χ0n) is 10.2. The van der Waals surface area contributed by atoms with Gasteiger partial charge in [-0.05, 0) is 13.8 Å². The van der Waals surface area contributed by atoms with Crippen LogP contribution >= 0.6 is 11.3 Å². The smallest absolute Gasteiger partial charge is 0.119 e. The van der Waals surface area contributed by atoms with Crippen molar-refractivity contribution in [2.75, 3.05) is 20.3 Å². The molecule has 1 aromatic rings. The summed E-state index contributed by atoms with van der Waals surface area (Å²) in [5.74, 6) is 0. The normalized spacial score (nSPS) is 11.2. The molecule has 0 bridgehead atoms. The quantitative estimate of drug-likeness (QED) is 0.708. The van der Waals surface area contributed by atoms with E-state index in [1.54, 1.807) is 18.4 Å². The highest BCUT2D eigenvalue weighted by molar-refractivity contribution is 7.09. The molecule has 1 N–H and O–H groups in total. The first-order chi connectivity index (χ1) is 7.72. The Morgan fingerprint density at radius 3 is 3.00 bits per heavy atom. The fourth-order valence-corrected chi connectivity index (χ4v) is 1.97. The summed E-state index contributed by atoms with van der Waals surface area (Å²) < 4.78 is 10.4. The van der Waals surface area contributed by atoms with Gasteiger partial charge >= 0.3 is 0 Å². The minimum atomic E-state index is 0.300. The molecule has 4 nitrogen and oxygen atoms in total. The molecular weight excluding hydrogens is 224 g/mol. The average Bonchev–Trinajstić information content (AvgIpc) is 2.65. The van der Waals surface area contributed by atoms with Gasteiger partial charge in [-0.3, -0.25) is 0 Å². The van der Waals surface area contributed by atoms with E-state index in [-0.39, 0.29) is 0 Å². The standard InChI is InChI=1S/C11H20N2O2S/c1-9(2)15-5-4-12-6-10-8-16-11(13-10)7-14-3/h8-9,12H,4-7H2,1-3H3. The summed E-state index contributed by atoms with van der Waals surface area (Å²) in [6, 6.07) is 0. The second-order valence-corrected chi connectivity index (χ2v) is 4.70. The third-order valence-corrected chi connectivity index (χ3v) is 2.77. The van der Waals surface area contributed by atoms with Crippen LogP contribution in [0.3, 0.4) is 0 Å². The van der Waals surface area contributed by atoms with E-state index in [1.807, 2.05) is 13.8 Å². The van der Waals surface area contributed by atoms with Crippen LogP contribution in [0.15, 0.2) is 5.38 Å². The van der Waals surface area contributed by atoms with Crippen LogP contribution in [0, 0.1) is 0 Å². The predicted molar refractivity (Wildman–Crippen MR) is 65.6 cm³/mol. The van der Waals surface area contributed by atoms with Gasteiger partial charge in [0.15, 0.2) is 0 Å². The van der Waals surface area contributed by atoms with Gasteiger partial charge in [-0.15, -0.1) is 11.3 Å². The molecule has 1 aromatic heterocycles. The molecule has 0 unspecified atom stereocenters. The number of nitrogens with zero attached hydrogens (tertiary/aromatic N) is 1. The fraction of sp³-hybridized carbons (Fsp3) is 0.727. The Kier molecular flexibility index (Phi) is 6.56. The minimum absolute atomic E-state index is 0.300. The molecule has 5 heteroatoms. The fourth-order valence-electron chi connectivity index (χ4n) is 1.20. The summed E-state index contributed by atoms with van der Waals surface area (Å²) in [6.45, 7) is 7.07. The van der Waals surface area contributed by atoms with Gasteiger partial charge in [-0.2, -0.15) is 0 Å². The third-order valence-electron chi connectivity index (χ3n) is 1.90. The molecule has 0 saturated carbocycles. The first kappa shape index (κ1) is 13.6. The number of thiazole rings is 1. The zero-order valence-corrected chi connectivity index (χ0v) is 11.0. The van der Waals surface area contributed by atoms with Gasteiger partial charge in [0, 0.05) is 25.6 Å². The van der Waals surface area contributed by atoms with Crippen molar-refractivity contribution in [2.24, 2.45) is 0 Å². The molecule has 0 aliphatic carbocycles. The van der Waals surface area contributed by atoms with Crippen molar-refractivity contribution in [2.45, 2.75) is 33.1 Å². The molecule has 0 saturated heterocycles. The third kappa shape index (κ3) is 5.55. The van der Waals surface area contributed by atoms with E-state index in [2.05, 4.69) is 15.7 Å². The largest absolute Gasteiger partial charge is 0.378 e. The molecule has 0 atom stereocenters.